The van der Waals surface area contributed by atoms with E-state index in [0.29, 0.717) is 6.04 Å². The molecule has 0 spiro atoms. The number of rotatable bonds is 6. The number of likely N-dealkylation sites (tertiary alicyclic amines) is 1. The highest BCUT2D eigenvalue weighted by Crippen LogP contribution is 2.28. The van der Waals surface area contributed by atoms with Crippen LogP contribution in [0, 0.1) is 0 Å². The van der Waals surface area contributed by atoms with Crippen molar-refractivity contribution >= 4 is 11.4 Å². The van der Waals surface area contributed by atoms with Crippen LogP contribution in [-0.4, -0.2) is 38.2 Å². The van der Waals surface area contributed by atoms with Gasteiger partial charge in [-0.2, -0.15) is 0 Å². The Bertz CT molecular complexity index is 637. The molecule has 0 radical (unpaired) electrons. The van der Waals surface area contributed by atoms with Crippen LogP contribution in [0.25, 0.3) is 0 Å². The lowest BCUT2D eigenvalue weighted by Crippen LogP contribution is -2.38. The van der Waals surface area contributed by atoms with E-state index >= 15 is 0 Å². The number of benzene rings is 2. The Hall–Kier alpha value is -2.20. The Morgan fingerprint density at radius 3 is 2.50 bits per heavy atom. The molecule has 4 heteroatoms. The van der Waals surface area contributed by atoms with Crippen molar-refractivity contribution < 1.29 is 4.74 Å². The van der Waals surface area contributed by atoms with Gasteiger partial charge in [0.05, 0.1) is 12.8 Å². The molecule has 24 heavy (non-hydrogen) atoms. The summed E-state index contributed by atoms with van der Waals surface area (Å²) in [5.41, 5.74) is 3.55. The van der Waals surface area contributed by atoms with Gasteiger partial charge in [0.25, 0.3) is 0 Å². The van der Waals surface area contributed by atoms with E-state index in [4.69, 9.17) is 4.74 Å². The van der Waals surface area contributed by atoms with Gasteiger partial charge in [-0.1, -0.05) is 30.3 Å². The molecule has 3 rings (SSSR count). The molecule has 1 aliphatic heterocycles. The molecule has 1 fully saturated rings. The molecular formula is C20H27N3O. The van der Waals surface area contributed by atoms with Gasteiger partial charge in [-0.05, 0) is 30.5 Å². The number of hydrogen-bond acceptors (Lipinski definition) is 4. The van der Waals surface area contributed by atoms with Crippen molar-refractivity contribution in [1.82, 2.24) is 4.90 Å². The fourth-order valence-electron chi connectivity index (χ4n) is 3.30. The summed E-state index contributed by atoms with van der Waals surface area (Å²) >= 11 is 0. The normalized spacial score (nSPS) is 15.9. The summed E-state index contributed by atoms with van der Waals surface area (Å²) in [4.78, 5) is 2.54. The average Bonchev–Trinajstić information content (AvgIpc) is 2.64. The second-order valence-electron chi connectivity index (χ2n) is 6.35. The van der Waals surface area contributed by atoms with Crippen molar-refractivity contribution in [2.45, 2.75) is 25.4 Å². The Balaban J connectivity index is 1.52. The van der Waals surface area contributed by atoms with Crippen LogP contribution in [0.1, 0.15) is 18.4 Å². The monoisotopic (exact) mass is 325 g/mol. The van der Waals surface area contributed by atoms with E-state index in [0.717, 1.165) is 36.8 Å². The van der Waals surface area contributed by atoms with Crippen LogP contribution in [0.5, 0.6) is 5.75 Å². The predicted molar refractivity (Wildman–Crippen MR) is 101 cm³/mol. The molecule has 2 aromatic rings. The summed E-state index contributed by atoms with van der Waals surface area (Å²) in [5.74, 6) is 0.879. The molecule has 0 unspecified atom stereocenters. The maximum absolute atomic E-state index is 5.44. The van der Waals surface area contributed by atoms with Crippen LogP contribution in [-0.2, 0) is 6.54 Å². The first kappa shape index (κ1) is 16.7. The summed E-state index contributed by atoms with van der Waals surface area (Å²) in [6, 6.07) is 17.5. The van der Waals surface area contributed by atoms with Gasteiger partial charge in [-0.3, -0.25) is 4.90 Å². The van der Waals surface area contributed by atoms with Crippen LogP contribution in [0.3, 0.4) is 0 Å². The van der Waals surface area contributed by atoms with Gasteiger partial charge in [0.2, 0.25) is 0 Å². The molecule has 0 amide bonds. The minimum Gasteiger partial charge on any atom is -0.495 e. The van der Waals surface area contributed by atoms with Crippen molar-refractivity contribution in [3.05, 3.63) is 54.1 Å². The van der Waals surface area contributed by atoms with Gasteiger partial charge in [0.15, 0.2) is 0 Å². The lowest BCUT2D eigenvalue weighted by Gasteiger charge is -2.33. The number of nitrogens with one attached hydrogen (secondary N) is 2. The number of anilines is 2. The van der Waals surface area contributed by atoms with Gasteiger partial charge >= 0.3 is 0 Å². The summed E-state index contributed by atoms with van der Waals surface area (Å²) in [6.45, 7) is 3.33. The number of methoxy groups -OCH3 is 1. The zero-order chi connectivity index (χ0) is 16.8. The van der Waals surface area contributed by atoms with Crippen molar-refractivity contribution in [3.63, 3.8) is 0 Å². The van der Waals surface area contributed by atoms with Crippen molar-refractivity contribution in [3.8, 4) is 5.75 Å². The standard InChI is InChI=1S/C20H27N3O/c1-21-19-9-8-18(14-20(19)24-2)22-17-10-12-23(13-11-17)15-16-6-4-3-5-7-16/h3-9,14,17,21-22H,10-13,15H2,1-2H3. The number of ether oxygens (including phenoxy) is 1. The summed E-state index contributed by atoms with van der Waals surface area (Å²) in [5, 5.41) is 6.80. The number of nitrogens with zero attached hydrogens (tertiary/aromatic N) is 1. The minimum atomic E-state index is 0.530. The third-order valence-electron chi connectivity index (χ3n) is 4.68. The third-order valence-corrected chi connectivity index (χ3v) is 4.68. The minimum absolute atomic E-state index is 0.530. The fourth-order valence-corrected chi connectivity index (χ4v) is 3.30. The highest BCUT2D eigenvalue weighted by atomic mass is 16.5. The second kappa shape index (κ2) is 8.06. The van der Waals surface area contributed by atoms with Crippen LogP contribution in [0.2, 0.25) is 0 Å². The molecule has 0 aromatic heterocycles. The number of hydrogen-bond donors (Lipinski definition) is 2. The molecule has 2 N–H and O–H groups in total. The molecule has 1 saturated heterocycles. The topological polar surface area (TPSA) is 36.5 Å². The van der Waals surface area contributed by atoms with E-state index < -0.39 is 0 Å². The largest absolute Gasteiger partial charge is 0.495 e. The Labute approximate surface area is 144 Å². The Morgan fingerprint density at radius 2 is 1.83 bits per heavy atom. The van der Waals surface area contributed by atoms with Gasteiger partial charge < -0.3 is 15.4 Å². The molecule has 0 bridgehead atoms. The van der Waals surface area contributed by atoms with Crippen molar-refractivity contribution in [2.24, 2.45) is 0 Å². The van der Waals surface area contributed by atoms with E-state index in [1.807, 2.05) is 7.05 Å². The SMILES string of the molecule is CNc1ccc(NC2CCN(Cc3ccccc3)CC2)cc1OC. The van der Waals surface area contributed by atoms with E-state index in [1.54, 1.807) is 7.11 Å². The van der Waals surface area contributed by atoms with Crippen LogP contribution >= 0.6 is 0 Å². The van der Waals surface area contributed by atoms with Crippen LogP contribution in [0.15, 0.2) is 48.5 Å². The zero-order valence-electron chi connectivity index (χ0n) is 14.6. The van der Waals surface area contributed by atoms with Gasteiger partial charge in [0, 0.05) is 44.5 Å². The van der Waals surface area contributed by atoms with Crippen LogP contribution < -0.4 is 15.4 Å². The van der Waals surface area contributed by atoms with Gasteiger partial charge in [0.1, 0.15) is 5.75 Å². The molecule has 0 aliphatic carbocycles. The second-order valence-corrected chi connectivity index (χ2v) is 6.35. The molecule has 4 nitrogen and oxygen atoms in total. The third kappa shape index (κ3) is 4.20. The molecule has 2 aromatic carbocycles. The zero-order valence-corrected chi connectivity index (χ0v) is 14.6. The molecule has 0 atom stereocenters. The number of piperidine rings is 1. The molecular weight excluding hydrogens is 298 g/mol. The summed E-state index contributed by atoms with van der Waals surface area (Å²) in [7, 11) is 3.62. The van der Waals surface area contributed by atoms with Gasteiger partial charge in [-0.25, -0.2) is 0 Å². The van der Waals surface area contributed by atoms with Crippen LogP contribution in [0.4, 0.5) is 11.4 Å². The predicted octanol–water partition coefficient (Wildman–Crippen LogP) is 3.81. The van der Waals surface area contributed by atoms with E-state index in [1.165, 1.54) is 18.4 Å². The smallest absolute Gasteiger partial charge is 0.143 e. The first-order valence-corrected chi connectivity index (χ1v) is 8.67. The maximum atomic E-state index is 5.44. The highest BCUT2D eigenvalue weighted by Gasteiger charge is 2.19. The lowest BCUT2D eigenvalue weighted by molar-refractivity contribution is 0.211. The van der Waals surface area contributed by atoms with E-state index in [9.17, 15) is 0 Å². The van der Waals surface area contributed by atoms with E-state index in [-0.39, 0.29) is 0 Å². The molecule has 128 valence electrons. The Morgan fingerprint density at radius 1 is 1.08 bits per heavy atom. The first-order chi connectivity index (χ1) is 11.8. The van der Waals surface area contributed by atoms with Gasteiger partial charge in [-0.15, -0.1) is 0 Å². The quantitative estimate of drug-likeness (QED) is 0.847. The average molecular weight is 325 g/mol. The lowest BCUT2D eigenvalue weighted by atomic mass is 10.0. The molecule has 1 aliphatic rings. The summed E-state index contributed by atoms with van der Waals surface area (Å²) < 4.78 is 5.44. The summed E-state index contributed by atoms with van der Waals surface area (Å²) in [6.07, 6.45) is 2.34. The van der Waals surface area contributed by atoms with Crippen molar-refractivity contribution in [2.75, 3.05) is 37.9 Å². The van der Waals surface area contributed by atoms with E-state index in [2.05, 4.69) is 64.1 Å². The molecule has 0 saturated carbocycles. The fraction of sp³-hybridized carbons (Fsp3) is 0.400. The highest BCUT2D eigenvalue weighted by molar-refractivity contribution is 5.63. The first-order valence-electron chi connectivity index (χ1n) is 8.67. The molecule has 1 heterocycles. The maximum Gasteiger partial charge on any atom is 0.143 e. The Kier molecular flexibility index (Phi) is 5.59. The van der Waals surface area contributed by atoms with Crippen molar-refractivity contribution in [1.29, 1.82) is 0 Å².